The van der Waals surface area contributed by atoms with E-state index in [9.17, 15) is 13.2 Å². The summed E-state index contributed by atoms with van der Waals surface area (Å²) in [4.78, 5) is 15.8. The van der Waals surface area contributed by atoms with Crippen molar-refractivity contribution >= 4 is 44.2 Å². The molecule has 0 bridgehead atoms. The lowest BCUT2D eigenvalue weighted by Crippen LogP contribution is -2.33. The van der Waals surface area contributed by atoms with Gasteiger partial charge in [-0.2, -0.15) is 5.10 Å². The second-order valence-electron chi connectivity index (χ2n) is 8.18. The number of carbonyl (C=O) groups is 1. The van der Waals surface area contributed by atoms with Crippen molar-refractivity contribution in [3.63, 3.8) is 0 Å². The van der Waals surface area contributed by atoms with Crippen molar-refractivity contribution in [2.24, 2.45) is 19.8 Å². The average Bonchev–Trinajstić information content (AvgIpc) is 3.40. The van der Waals surface area contributed by atoms with Gasteiger partial charge in [-0.1, -0.05) is 0 Å². The molecule has 13 heteroatoms. The summed E-state index contributed by atoms with van der Waals surface area (Å²) >= 11 is 0. The van der Waals surface area contributed by atoms with E-state index < -0.39 is 16.0 Å². The molecule has 12 nitrogen and oxygen atoms in total. The highest BCUT2D eigenvalue weighted by molar-refractivity contribution is 7.92. The number of hydrogen-bond acceptors (Lipinski definition) is 7. The normalized spacial score (nSPS) is 11.5. The lowest BCUT2D eigenvalue weighted by Gasteiger charge is -2.22. The second kappa shape index (κ2) is 9.70. The maximum Gasteiger partial charge on any atom is 0.305 e. The summed E-state index contributed by atoms with van der Waals surface area (Å²) in [6.45, 7) is 0.147. The molecule has 0 unspecified atom stereocenters. The minimum Gasteiger partial charge on any atom is -0.481 e. The standard InChI is InChI=1S/C23H26N8O4S/c1-29-14-17(12-27-29)31(10-9-22(32)33)36(34,35)18-7-8-20-19(11-18)28-21(30(20)2)13-26-16-5-3-15(4-6-16)23(24)25/h3-8,11-12,14,26H,9-10,13H2,1-2H3,(H3,24,25)(H,32,33). The summed E-state index contributed by atoms with van der Waals surface area (Å²) in [5, 5.41) is 23.9. The summed E-state index contributed by atoms with van der Waals surface area (Å²) < 4.78 is 31.4. The Kier molecular flexibility index (Phi) is 6.66. The fraction of sp³-hybridized carbons (Fsp3) is 0.217. The van der Waals surface area contributed by atoms with Crippen LogP contribution < -0.4 is 15.4 Å². The number of nitrogens with two attached hydrogens (primary N) is 1. The highest BCUT2D eigenvalue weighted by Crippen LogP contribution is 2.26. The first-order valence-electron chi connectivity index (χ1n) is 10.9. The minimum atomic E-state index is -4.07. The molecule has 4 aromatic rings. The molecule has 4 rings (SSSR count). The molecular formula is C23H26N8O4S. The molecule has 0 aliphatic heterocycles. The van der Waals surface area contributed by atoms with E-state index >= 15 is 0 Å². The van der Waals surface area contributed by atoms with Crippen LogP contribution in [0.4, 0.5) is 11.4 Å². The van der Waals surface area contributed by atoms with Crippen LogP contribution in [0.25, 0.3) is 11.0 Å². The fourth-order valence-electron chi connectivity index (χ4n) is 3.75. The molecule has 0 aliphatic carbocycles. The highest BCUT2D eigenvalue weighted by atomic mass is 32.2. The van der Waals surface area contributed by atoms with Crippen molar-refractivity contribution in [1.82, 2.24) is 19.3 Å². The molecule has 0 saturated carbocycles. The number of nitrogens with one attached hydrogen (secondary N) is 2. The third-order valence-electron chi connectivity index (χ3n) is 5.69. The van der Waals surface area contributed by atoms with Gasteiger partial charge in [0.25, 0.3) is 10.0 Å². The Morgan fingerprint density at radius 1 is 1.19 bits per heavy atom. The maximum absolute atomic E-state index is 13.5. The number of amidine groups is 1. The molecule has 0 aliphatic rings. The largest absolute Gasteiger partial charge is 0.481 e. The Hall–Kier alpha value is -4.39. The number of rotatable bonds is 10. The Morgan fingerprint density at radius 2 is 1.92 bits per heavy atom. The van der Waals surface area contributed by atoms with Crippen molar-refractivity contribution in [3.05, 3.63) is 66.2 Å². The predicted octanol–water partition coefficient (Wildman–Crippen LogP) is 1.87. The van der Waals surface area contributed by atoms with Crippen LogP contribution in [0.5, 0.6) is 0 Å². The molecule has 0 fully saturated rings. The van der Waals surface area contributed by atoms with Gasteiger partial charge < -0.3 is 20.7 Å². The molecule has 5 N–H and O–H groups in total. The van der Waals surface area contributed by atoms with Crippen molar-refractivity contribution in [1.29, 1.82) is 5.41 Å². The number of nitrogens with zero attached hydrogens (tertiary/aromatic N) is 5. The molecule has 0 radical (unpaired) electrons. The molecule has 2 heterocycles. The van der Waals surface area contributed by atoms with E-state index in [0.29, 0.717) is 23.4 Å². The molecule has 0 amide bonds. The van der Waals surface area contributed by atoms with Gasteiger partial charge in [-0.25, -0.2) is 13.4 Å². The Labute approximate surface area is 207 Å². The monoisotopic (exact) mass is 510 g/mol. The molecule has 0 spiro atoms. The number of carboxylic acid groups (broad SMARTS) is 1. The third kappa shape index (κ3) is 5.00. The first-order chi connectivity index (χ1) is 17.1. The third-order valence-corrected chi connectivity index (χ3v) is 7.51. The summed E-state index contributed by atoms with van der Waals surface area (Å²) in [6.07, 6.45) is 2.54. The lowest BCUT2D eigenvalue weighted by molar-refractivity contribution is -0.136. The number of hydrogen-bond donors (Lipinski definition) is 4. The number of anilines is 2. The van der Waals surface area contributed by atoms with Crippen LogP contribution in [0.3, 0.4) is 0 Å². The molecule has 36 heavy (non-hydrogen) atoms. The number of aryl methyl sites for hydroxylation is 2. The maximum atomic E-state index is 13.5. The molecule has 0 atom stereocenters. The van der Waals surface area contributed by atoms with Crippen LogP contribution >= 0.6 is 0 Å². The number of nitrogen functional groups attached to an aromatic ring is 1. The van der Waals surface area contributed by atoms with Gasteiger partial charge >= 0.3 is 5.97 Å². The van der Waals surface area contributed by atoms with Crippen LogP contribution in [-0.2, 0) is 35.5 Å². The minimum absolute atomic E-state index is 0.00155. The summed E-state index contributed by atoms with van der Waals surface area (Å²) in [5.74, 6) is -0.426. The number of imidazole rings is 1. The zero-order chi connectivity index (χ0) is 26.0. The Bertz CT molecular complexity index is 1540. The number of aliphatic carboxylic acids is 1. The molecule has 0 saturated heterocycles. The highest BCUT2D eigenvalue weighted by Gasteiger charge is 2.27. The van der Waals surface area contributed by atoms with Gasteiger partial charge in [-0.15, -0.1) is 0 Å². The number of carboxylic acids is 1. The van der Waals surface area contributed by atoms with Crippen LogP contribution in [0.2, 0.25) is 0 Å². The van der Waals surface area contributed by atoms with Crippen molar-refractivity contribution < 1.29 is 18.3 Å². The Balaban J connectivity index is 1.61. The van der Waals surface area contributed by atoms with Gasteiger partial charge in [0, 0.05) is 38.1 Å². The van der Waals surface area contributed by atoms with E-state index in [1.165, 1.54) is 29.2 Å². The first-order valence-corrected chi connectivity index (χ1v) is 12.4. The van der Waals surface area contributed by atoms with E-state index in [1.807, 2.05) is 23.7 Å². The van der Waals surface area contributed by atoms with Crippen molar-refractivity contribution in [2.45, 2.75) is 17.9 Å². The number of fused-ring (bicyclic) bond motifs is 1. The first kappa shape index (κ1) is 24.7. The van der Waals surface area contributed by atoms with E-state index in [1.54, 1.807) is 25.2 Å². The fourth-order valence-corrected chi connectivity index (χ4v) is 5.20. The van der Waals surface area contributed by atoms with Crippen LogP contribution in [-0.4, -0.2) is 51.2 Å². The van der Waals surface area contributed by atoms with Gasteiger partial charge in [0.1, 0.15) is 11.7 Å². The van der Waals surface area contributed by atoms with E-state index in [-0.39, 0.29) is 29.4 Å². The molecule has 188 valence electrons. The van der Waals surface area contributed by atoms with Gasteiger partial charge in [0.05, 0.1) is 40.8 Å². The number of benzene rings is 2. The zero-order valence-corrected chi connectivity index (χ0v) is 20.5. The van der Waals surface area contributed by atoms with Crippen LogP contribution in [0.1, 0.15) is 17.8 Å². The van der Waals surface area contributed by atoms with E-state index in [2.05, 4.69) is 15.4 Å². The smallest absolute Gasteiger partial charge is 0.305 e. The number of aromatic nitrogens is 4. The summed E-state index contributed by atoms with van der Waals surface area (Å²) in [6, 6.07) is 11.8. The predicted molar refractivity (Wildman–Crippen MR) is 135 cm³/mol. The molecule has 2 aromatic heterocycles. The van der Waals surface area contributed by atoms with Crippen LogP contribution in [0.15, 0.2) is 59.8 Å². The van der Waals surface area contributed by atoms with Crippen LogP contribution in [0, 0.1) is 5.41 Å². The van der Waals surface area contributed by atoms with Gasteiger partial charge in [-0.3, -0.25) is 19.2 Å². The topological polar surface area (TPSA) is 172 Å². The van der Waals surface area contributed by atoms with Crippen molar-refractivity contribution in [3.8, 4) is 0 Å². The SMILES string of the molecule is Cn1cc(N(CCC(=O)O)S(=O)(=O)c2ccc3c(c2)nc(CNc2ccc(C(=N)N)cc2)n3C)cn1. The number of sulfonamides is 1. The van der Waals surface area contributed by atoms with Crippen molar-refractivity contribution in [2.75, 3.05) is 16.2 Å². The average molecular weight is 511 g/mol. The molecular weight excluding hydrogens is 484 g/mol. The van der Waals surface area contributed by atoms with Gasteiger partial charge in [0.15, 0.2) is 0 Å². The quantitative estimate of drug-likeness (QED) is 0.185. The Morgan fingerprint density at radius 3 is 2.53 bits per heavy atom. The summed E-state index contributed by atoms with van der Waals surface area (Å²) in [7, 11) is -0.581. The molecule has 2 aromatic carbocycles. The van der Waals surface area contributed by atoms with Gasteiger partial charge in [-0.05, 0) is 42.5 Å². The van der Waals surface area contributed by atoms with Gasteiger partial charge in [0.2, 0.25) is 0 Å². The van der Waals surface area contributed by atoms with E-state index in [0.717, 1.165) is 15.5 Å². The van der Waals surface area contributed by atoms with E-state index in [4.69, 9.17) is 16.2 Å². The zero-order valence-electron chi connectivity index (χ0n) is 19.7. The second-order valence-corrected chi connectivity index (χ2v) is 10.0. The summed E-state index contributed by atoms with van der Waals surface area (Å²) in [5.41, 5.74) is 8.45. The lowest BCUT2D eigenvalue weighted by atomic mass is 10.2.